The molecule has 0 aliphatic carbocycles. The van der Waals surface area contributed by atoms with Crippen LogP contribution in [-0.4, -0.2) is 87.5 Å². The van der Waals surface area contributed by atoms with Gasteiger partial charge in [0.05, 0.1) is 25.4 Å². The third-order valence-electron chi connectivity index (χ3n) is 11.8. The summed E-state index contributed by atoms with van der Waals surface area (Å²) in [5.74, 6) is -0.195. The summed E-state index contributed by atoms with van der Waals surface area (Å²) in [6.07, 6.45) is 49.8. The third kappa shape index (κ3) is 32.5. The second kappa shape index (κ2) is 42.8. The molecule has 1 amide bonds. The molecule has 62 heavy (non-hydrogen) atoms. The van der Waals surface area contributed by atoms with Gasteiger partial charge in [-0.05, 0) is 77.0 Å². The molecule has 0 spiro atoms. The van der Waals surface area contributed by atoms with Crippen molar-refractivity contribution < 1.29 is 39.8 Å². The van der Waals surface area contributed by atoms with Crippen LogP contribution in [0.25, 0.3) is 0 Å². The lowest BCUT2D eigenvalue weighted by Gasteiger charge is -2.40. The molecular formula is C53H95NO8. The molecule has 0 aromatic rings. The minimum absolute atomic E-state index is 0.195. The molecule has 0 bridgehead atoms. The maximum Gasteiger partial charge on any atom is 0.220 e. The fourth-order valence-electron chi connectivity index (χ4n) is 7.69. The predicted molar refractivity (Wildman–Crippen MR) is 258 cm³/mol. The normalized spacial score (nSPS) is 20.8. The molecule has 6 N–H and O–H groups in total. The van der Waals surface area contributed by atoms with Crippen molar-refractivity contribution in [2.45, 2.75) is 256 Å². The van der Waals surface area contributed by atoms with Crippen molar-refractivity contribution in [1.82, 2.24) is 5.32 Å². The molecule has 9 nitrogen and oxygen atoms in total. The Bertz CT molecular complexity index is 1150. The van der Waals surface area contributed by atoms with E-state index < -0.39 is 49.5 Å². The van der Waals surface area contributed by atoms with E-state index in [1.165, 1.54) is 135 Å². The Kier molecular flexibility index (Phi) is 40.0. The van der Waals surface area contributed by atoms with E-state index in [9.17, 15) is 30.3 Å². The summed E-state index contributed by atoms with van der Waals surface area (Å²) in [6, 6.07) is -0.830. The zero-order valence-electron chi connectivity index (χ0n) is 39.6. The summed E-state index contributed by atoms with van der Waals surface area (Å²) in [4.78, 5) is 13.0. The Morgan fingerprint density at radius 3 is 1.45 bits per heavy atom. The fourth-order valence-corrected chi connectivity index (χ4v) is 7.69. The number of allylic oxidation sites excluding steroid dienone is 9. The highest BCUT2D eigenvalue weighted by Crippen LogP contribution is 2.22. The number of amides is 1. The molecule has 1 saturated heterocycles. The smallest absolute Gasteiger partial charge is 0.220 e. The van der Waals surface area contributed by atoms with Crippen LogP contribution in [0.4, 0.5) is 0 Å². The maximum atomic E-state index is 13.0. The number of rotatable bonds is 42. The van der Waals surface area contributed by atoms with Crippen molar-refractivity contribution in [2.75, 3.05) is 13.2 Å². The van der Waals surface area contributed by atoms with Crippen LogP contribution in [-0.2, 0) is 14.3 Å². The second-order valence-corrected chi connectivity index (χ2v) is 17.6. The first-order valence-corrected chi connectivity index (χ1v) is 25.5. The maximum absolute atomic E-state index is 13.0. The molecule has 1 rings (SSSR count). The van der Waals surface area contributed by atoms with E-state index in [-0.39, 0.29) is 12.5 Å². The van der Waals surface area contributed by atoms with E-state index in [4.69, 9.17) is 9.47 Å². The number of aliphatic hydroxyl groups is 5. The van der Waals surface area contributed by atoms with E-state index in [1.807, 2.05) is 6.08 Å². The quantitative estimate of drug-likeness (QED) is 0.0262. The lowest BCUT2D eigenvalue weighted by Crippen LogP contribution is -2.60. The van der Waals surface area contributed by atoms with Crippen molar-refractivity contribution in [3.63, 3.8) is 0 Å². The first-order valence-electron chi connectivity index (χ1n) is 25.5. The van der Waals surface area contributed by atoms with E-state index >= 15 is 0 Å². The zero-order chi connectivity index (χ0) is 45.1. The van der Waals surface area contributed by atoms with Crippen LogP contribution < -0.4 is 5.32 Å². The molecule has 7 unspecified atom stereocenters. The molecular weight excluding hydrogens is 779 g/mol. The predicted octanol–water partition coefficient (Wildman–Crippen LogP) is 11.6. The van der Waals surface area contributed by atoms with Gasteiger partial charge < -0.3 is 40.3 Å². The molecule has 1 heterocycles. The van der Waals surface area contributed by atoms with Crippen LogP contribution in [0, 0.1) is 0 Å². The molecule has 9 heteroatoms. The van der Waals surface area contributed by atoms with Gasteiger partial charge in [-0.1, -0.05) is 190 Å². The molecule has 0 aromatic heterocycles. The molecule has 1 aliphatic heterocycles. The first kappa shape index (κ1) is 57.9. The van der Waals surface area contributed by atoms with Crippen LogP contribution in [0.2, 0.25) is 0 Å². The summed E-state index contributed by atoms with van der Waals surface area (Å²) in [5, 5.41) is 54.3. The second-order valence-electron chi connectivity index (χ2n) is 17.6. The number of carbonyl (C=O) groups excluding carboxylic acids is 1. The van der Waals surface area contributed by atoms with E-state index in [2.05, 4.69) is 67.8 Å². The Balaban J connectivity index is 2.31. The fraction of sp³-hybridized carbons (Fsp3) is 0.792. The molecule has 1 fully saturated rings. The monoisotopic (exact) mass is 874 g/mol. The number of nitrogens with one attached hydrogen (secondary N) is 1. The van der Waals surface area contributed by atoms with Gasteiger partial charge in [-0.3, -0.25) is 4.79 Å². The average Bonchev–Trinajstić information content (AvgIpc) is 3.27. The van der Waals surface area contributed by atoms with Gasteiger partial charge in [0.2, 0.25) is 5.91 Å². The molecule has 0 aromatic carbocycles. The Morgan fingerprint density at radius 2 is 0.968 bits per heavy atom. The van der Waals surface area contributed by atoms with Crippen LogP contribution in [0.5, 0.6) is 0 Å². The van der Waals surface area contributed by atoms with Gasteiger partial charge in [-0.25, -0.2) is 0 Å². The summed E-state index contributed by atoms with van der Waals surface area (Å²) in [7, 11) is 0. The Hall–Kier alpha value is -2.11. The number of carbonyl (C=O) groups is 1. The van der Waals surface area contributed by atoms with Gasteiger partial charge in [-0.15, -0.1) is 0 Å². The van der Waals surface area contributed by atoms with Crippen LogP contribution >= 0.6 is 0 Å². The summed E-state index contributed by atoms with van der Waals surface area (Å²) in [6.45, 7) is 3.73. The van der Waals surface area contributed by atoms with Gasteiger partial charge in [-0.2, -0.15) is 0 Å². The summed E-state index contributed by atoms with van der Waals surface area (Å²) >= 11 is 0. The van der Waals surface area contributed by atoms with Gasteiger partial charge in [0, 0.05) is 6.42 Å². The number of hydrogen-bond acceptors (Lipinski definition) is 8. The third-order valence-corrected chi connectivity index (χ3v) is 11.8. The zero-order valence-corrected chi connectivity index (χ0v) is 39.6. The Morgan fingerprint density at radius 1 is 0.548 bits per heavy atom. The van der Waals surface area contributed by atoms with Gasteiger partial charge in [0.15, 0.2) is 6.29 Å². The first-order chi connectivity index (χ1) is 30.3. The van der Waals surface area contributed by atoms with Crippen molar-refractivity contribution in [1.29, 1.82) is 0 Å². The number of ether oxygens (including phenoxy) is 2. The molecule has 0 saturated carbocycles. The number of unbranched alkanes of at least 4 members (excludes halogenated alkanes) is 24. The summed E-state index contributed by atoms with van der Waals surface area (Å²) in [5.41, 5.74) is 0. The number of aliphatic hydroxyl groups excluding tert-OH is 5. The standard InChI is InChI=1S/C53H95NO8/c1-3-5-7-9-11-13-15-17-19-21-22-23-24-25-26-27-29-31-33-35-37-39-41-43-49(57)54-46(45-61-53-52(60)51(59)50(58)48(44-55)62-53)47(56)42-40-38-36-34-32-30-28-20-18-16-14-12-10-8-6-4-2/h15,17-18,20-22,32,34,40,42,46-48,50-53,55-56,58-60H,3-14,16,19,23-31,33,35-39,41,43-45H2,1-2H3,(H,54,57)/b17-15-,20-18+,22-21-,34-32+,42-40+. The van der Waals surface area contributed by atoms with Crippen LogP contribution in [0.3, 0.4) is 0 Å². The minimum atomic E-state index is -1.58. The highest BCUT2D eigenvalue weighted by atomic mass is 16.7. The topological polar surface area (TPSA) is 149 Å². The molecule has 1 aliphatic rings. The Labute approximate surface area is 379 Å². The number of hydrogen-bond donors (Lipinski definition) is 6. The van der Waals surface area contributed by atoms with Crippen molar-refractivity contribution in [2.24, 2.45) is 0 Å². The average molecular weight is 874 g/mol. The largest absolute Gasteiger partial charge is 0.394 e. The van der Waals surface area contributed by atoms with E-state index in [0.29, 0.717) is 6.42 Å². The summed E-state index contributed by atoms with van der Waals surface area (Å²) < 4.78 is 11.2. The SMILES string of the molecule is CCCCCCC/C=C\C/C=C\CCCCCCCCCCCCCC(=O)NC(COC1OC(CO)C(O)C(O)C1O)C(O)/C=C/CC/C=C/CC/C=C/CCCCCCCC. The van der Waals surface area contributed by atoms with Crippen molar-refractivity contribution in [3.8, 4) is 0 Å². The van der Waals surface area contributed by atoms with Crippen LogP contribution in [0.1, 0.15) is 213 Å². The highest BCUT2D eigenvalue weighted by Gasteiger charge is 2.44. The van der Waals surface area contributed by atoms with Gasteiger partial charge >= 0.3 is 0 Å². The minimum Gasteiger partial charge on any atom is -0.394 e. The van der Waals surface area contributed by atoms with Crippen molar-refractivity contribution in [3.05, 3.63) is 60.8 Å². The van der Waals surface area contributed by atoms with Gasteiger partial charge in [0.25, 0.3) is 0 Å². The van der Waals surface area contributed by atoms with Crippen molar-refractivity contribution >= 4 is 5.91 Å². The van der Waals surface area contributed by atoms with E-state index in [1.54, 1.807) is 6.08 Å². The molecule has 0 radical (unpaired) electrons. The lowest BCUT2D eigenvalue weighted by molar-refractivity contribution is -0.302. The lowest BCUT2D eigenvalue weighted by atomic mass is 9.99. The van der Waals surface area contributed by atoms with Crippen LogP contribution in [0.15, 0.2) is 60.8 Å². The van der Waals surface area contributed by atoms with E-state index in [0.717, 1.165) is 57.8 Å². The molecule has 7 atom stereocenters. The van der Waals surface area contributed by atoms with Gasteiger partial charge in [0.1, 0.15) is 24.4 Å². The molecule has 360 valence electrons. The highest BCUT2D eigenvalue weighted by molar-refractivity contribution is 5.76.